The maximum absolute atomic E-state index is 10.8. The van der Waals surface area contributed by atoms with Crippen LogP contribution in [0.5, 0.6) is 0 Å². The average molecular weight is 266 g/mol. The molecule has 0 spiro atoms. The van der Waals surface area contributed by atoms with Gasteiger partial charge in [-0.1, -0.05) is 73.7 Å². The number of aliphatic carboxylic acids is 1. The van der Waals surface area contributed by atoms with Crippen molar-refractivity contribution in [3.63, 3.8) is 0 Å². The van der Waals surface area contributed by atoms with Gasteiger partial charge in [0.2, 0.25) is 0 Å². The summed E-state index contributed by atoms with van der Waals surface area (Å²) in [5.74, 6) is -0.780. The molecule has 0 heterocycles. The highest BCUT2D eigenvalue weighted by Crippen LogP contribution is 2.25. The van der Waals surface area contributed by atoms with Crippen molar-refractivity contribution in [3.05, 3.63) is 77.9 Å². The Morgan fingerprint density at radius 1 is 1.00 bits per heavy atom. The lowest BCUT2D eigenvalue weighted by atomic mass is 9.93. The molecule has 0 aromatic heterocycles. The first-order chi connectivity index (χ1) is 9.66. The summed E-state index contributed by atoms with van der Waals surface area (Å²) >= 11 is 0. The predicted octanol–water partition coefficient (Wildman–Crippen LogP) is 4.23. The van der Waals surface area contributed by atoms with Crippen LogP contribution in [-0.4, -0.2) is 11.1 Å². The Kier molecular flexibility index (Phi) is 4.72. The molecular weight excluding hydrogens is 248 g/mol. The summed E-state index contributed by atoms with van der Waals surface area (Å²) in [6.07, 6.45) is 2.18. The normalized spacial score (nSPS) is 11.7. The molecule has 0 aliphatic carbocycles. The molecule has 1 N–H and O–H groups in total. The van der Waals surface area contributed by atoms with E-state index in [9.17, 15) is 4.79 Å². The Morgan fingerprint density at radius 3 is 1.85 bits per heavy atom. The van der Waals surface area contributed by atoms with Gasteiger partial charge in [-0.15, -0.1) is 0 Å². The van der Waals surface area contributed by atoms with Crippen molar-refractivity contribution >= 4 is 11.5 Å². The Bertz CT molecular complexity index is 544. The van der Waals surface area contributed by atoms with E-state index in [0.29, 0.717) is 0 Å². The van der Waals surface area contributed by atoms with Crippen LogP contribution in [0.4, 0.5) is 0 Å². The number of allylic oxidation sites excluding steroid dienone is 1. The number of benzene rings is 2. The monoisotopic (exact) mass is 266 g/mol. The van der Waals surface area contributed by atoms with Crippen molar-refractivity contribution < 1.29 is 9.90 Å². The molecule has 2 aromatic rings. The van der Waals surface area contributed by atoms with Gasteiger partial charge in [0, 0.05) is 0 Å². The van der Waals surface area contributed by atoms with Gasteiger partial charge in [0.15, 0.2) is 0 Å². The molecule has 0 unspecified atom stereocenters. The van der Waals surface area contributed by atoms with Crippen LogP contribution in [0.3, 0.4) is 0 Å². The van der Waals surface area contributed by atoms with E-state index >= 15 is 0 Å². The summed E-state index contributed by atoms with van der Waals surface area (Å²) < 4.78 is 0. The number of hydrogen-bond acceptors (Lipinski definition) is 1. The number of hydrogen-bond donors (Lipinski definition) is 1. The van der Waals surface area contributed by atoms with Crippen LogP contribution in [-0.2, 0) is 4.79 Å². The van der Waals surface area contributed by atoms with E-state index in [1.54, 1.807) is 0 Å². The van der Waals surface area contributed by atoms with Crippen molar-refractivity contribution in [2.45, 2.75) is 13.3 Å². The average Bonchev–Trinajstić information content (AvgIpc) is 2.46. The molecule has 0 bridgehead atoms. The first kappa shape index (κ1) is 14.1. The second kappa shape index (κ2) is 6.71. The minimum absolute atomic E-state index is 0.0112. The molecule has 0 fully saturated rings. The number of carboxylic acids is 1. The zero-order valence-corrected chi connectivity index (χ0v) is 11.5. The molecule has 2 heteroatoms. The Morgan fingerprint density at radius 2 is 1.45 bits per heavy atom. The topological polar surface area (TPSA) is 37.3 Å². The summed E-state index contributed by atoms with van der Waals surface area (Å²) in [6.45, 7) is 1.93. The minimum Gasteiger partial charge on any atom is -0.481 e. The van der Waals surface area contributed by atoms with E-state index in [4.69, 9.17) is 5.11 Å². The lowest BCUT2D eigenvalue weighted by molar-refractivity contribution is -0.137. The van der Waals surface area contributed by atoms with Crippen LogP contribution < -0.4 is 0 Å². The SMILES string of the molecule is C[C@@H](C=C(c1ccccc1)c1ccccc1)CC(=O)O. The molecule has 0 saturated carbocycles. The largest absolute Gasteiger partial charge is 0.481 e. The molecule has 2 nitrogen and oxygen atoms in total. The van der Waals surface area contributed by atoms with E-state index < -0.39 is 5.97 Å². The van der Waals surface area contributed by atoms with E-state index in [2.05, 4.69) is 0 Å². The van der Waals surface area contributed by atoms with Crippen molar-refractivity contribution in [1.82, 2.24) is 0 Å². The molecule has 0 aliphatic heterocycles. The summed E-state index contributed by atoms with van der Waals surface area (Å²) in [5.41, 5.74) is 3.30. The van der Waals surface area contributed by atoms with Crippen molar-refractivity contribution in [3.8, 4) is 0 Å². The van der Waals surface area contributed by atoms with Gasteiger partial charge in [-0.2, -0.15) is 0 Å². The minimum atomic E-state index is -0.769. The van der Waals surface area contributed by atoms with Gasteiger partial charge in [-0.05, 0) is 22.6 Å². The third kappa shape index (κ3) is 3.82. The zero-order valence-electron chi connectivity index (χ0n) is 11.5. The van der Waals surface area contributed by atoms with Crippen LogP contribution in [0.15, 0.2) is 66.7 Å². The highest BCUT2D eigenvalue weighted by atomic mass is 16.4. The van der Waals surface area contributed by atoms with Crippen molar-refractivity contribution in [2.75, 3.05) is 0 Å². The van der Waals surface area contributed by atoms with Crippen molar-refractivity contribution in [2.24, 2.45) is 5.92 Å². The van der Waals surface area contributed by atoms with Crippen LogP contribution in [0.2, 0.25) is 0 Å². The van der Waals surface area contributed by atoms with Gasteiger partial charge in [0.05, 0.1) is 6.42 Å². The molecule has 1 atom stereocenters. The fourth-order valence-electron chi connectivity index (χ4n) is 2.21. The molecule has 0 amide bonds. The van der Waals surface area contributed by atoms with Crippen molar-refractivity contribution in [1.29, 1.82) is 0 Å². The van der Waals surface area contributed by atoms with Crippen LogP contribution >= 0.6 is 0 Å². The predicted molar refractivity (Wildman–Crippen MR) is 81.4 cm³/mol. The fraction of sp³-hybridized carbons (Fsp3) is 0.167. The molecular formula is C18H18O2. The van der Waals surface area contributed by atoms with Gasteiger partial charge in [-0.3, -0.25) is 4.79 Å². The third-order valence-electron chi connectivity index (χ3n) is 3.12. The van der Waals surface area contributed by atoms with E-state index in [0.717, 1.165) is 16.7 Å². The Balaban J connectivity index is 2.40. The molecule has 0 saturated heterocycles. The number of carboxylic acid groups (broad SMARTS) is 1. The molecule has 0 radical (unpaired) electrons. The molecule has 102 valence electrons. The highest BCUT2D eigenvalue weighted by molar-refractivity contribution is 5.80. The van der Waals surface area contributed by atoms with E-state index in [-0.39, 0.29) is 12.3 Å². The second-order valence-corrected chi connectivity index (χ2v) is 4.89. The zero-order chi connectivity index (χ0) is 14.4. The van der Waals surface area contributed by atoms with Crippen LogP contribution in [0, 0.1) is 5.92 Å². The van der Waals surface area contributed by atoms with Gasteiger partial charge >= 0.3 is 5.97 Å². The molecule has 0 aliphatic rings. The summed E-state index contributed by atoms with van der Waals surface area (Å²) in [4.78, 5) is 10.8. The van der Waals surface area contributed by atoms with Crippen LogP contribution in [0.1, 0.15) is 24.5 Å². The number of rotatable bonds is 5. The smallest absolute Gasteiger partial charge is 0.303 e. The Hall–Kier alpha value is -2.35. The first-order valence-electron chi connectivity index (χ1n) is 6.71. The third-order valence-corrected chi connectivity index (χ3v) is 3.12. The highest BCUT2D eigenvalue weighted by Gasteiger charge is 2.09. The Labute approximate surface area is 119 Å². The lowest BCUT2D eigenvalue weighted by Crippen LogP contribution is -2.02. The maximum atomic E-state index is 10.8. The van der Waals surface area contributed by atoms with Gasteiger partial charge in [-0.25, -0.2) is 0 Å². The second-order valence-electron chi connectivity index (χ2n) is 4.89. The number of carbonyl (C=O) groups is 1. The van der Waals surface area contributed by atoms with Gasteiger partial charge in [0.25, 0.3) is 0 Å². The molecule has 2 aromatic carbocycles. The summed E-state index contributed by atoms with van der Waals surface area (Å²) in [7, 11) is 0. The fourth-order valence-corrected chi connectivity index (χ4v) is 2.21. The van der Waals surface area contributed by atoms with E-state index in [1.165, 1.54) is 0 Å². The molecule has 20 heavy (non-hydrogen) atoms. The lowest BCUT2D eigenvalue weighted by Gasteiger charge is -2.11. The maximum Gasteiger partial charge on any atom is 0.303 e. The quantitative estimate of drug-likeness (QED) is 0.879. The summed E-state index contributed by atoms with van der Waals surface area (Å²) in [5, 5.41) is 8.91. The van der Waals surface area contributed by atoms with Crippen LogP contribution in [0.25, 0.3) is 5.57 Å². The summed E-state index contributed by atoms with van der Waals surface area (Å²) in [6, 6.07) is 20.1. The van der Waals surface area contributed by atoms with Gasteiger partial charge in [0.1, 0.15) is 0 Å². The first-order valence-corrected chi connectivity index (χ1v) is 6.71. The molecule has 2 rings (SSSR count). The van der Waals surface area contributed by atoms with E-state index in [1.807, 2.05) is 73.7 Å². The van der Waals surface area contributed by atoms with Gasteiger partial charge < -0.3 is 5.11 Å². The standard InChI is InChI=1S/C18H18O2/c1-14(13-18(19)20)12-17(15-8-4-2-5-9-15)16-10-6-3-7-11-16/h2-12,14H,13H2,1H3,(H,19,20)/t14-/m0/s1.